The Balaban J connectivity index is 1.80. The van der Waals surface area contributed by atoms with Crippen molar-refractivity contribution in [3.63, 3.8) is 0 Å². The van der Waals surface area contributed by atoms with Crippen LogP contribution in [0, 0.1) is 5.41 Å². The van der Waals surface area contributed by atoms with Crippen molar-refractivity contribution in [2.75, 3.05) is 13.1 Å². The Morgan fingerprint density at radius 3 is 2.35 bits per heavy atom. The second-order valence-electron chi connectivity index (χ2n) is 6.91. The highest BCUT2D eigenvalue weighted by molar-refractivity contribution is 6.36. The molecule has 0 heterocycles. The summed E-state index contributed by atoms with van der Waals surface area (Å²) in [7, 11) is 0. The molecule has 0 atom stereocenters. The van der Waals surface area contributed by atoms with Crippen molar-refractivity contribution in [1.29, 1.82) is 0 Å². The van der Waals surface area contributed by atoms with Crippen LogP contribution in [0.3, 0.4) is 0 Å². The van der Waals surface area contributed by atoms with Crippen LogP contribution in [0.4, 0.5) is 0 Å². The summed E-state index contributed by atoms with van der Waals surface area (Å²) in [5.74, 6) is -0.657. The molecule has 0 unspecified atom stereocenters. The second kappa shape index (κ2) is 9.06. The van der Waals surface area contributed by atoms with E-state index in [0.717, 1.165) is 6.42 Å². The SMILES string of the molecule is CC(C)(CNC(=O)CNC(=O)c1ccc(Cl)cc1Cl)Cc1ccccc1. The Kier molecular flexibility index (Phi) is 7.06. The molecule has 0 fully saturated rings. The summed E-state index contributed by atoms with van der Waals surface area (Å²) >= 11 is 11.8. The fourth-order valence-electron chi connectivity index (χ4n) is 2.54. The van der Waals surface area contributed by atoms with Crippen LogP contribution in [-0.2, 0) is 11.2 Å². The van der Waals surface area contributed by atoms with Gasteiger partial charge in [-0.15, -0.1) is 0 Å². The fraction of sp³-hybridized carbons (Fsp3) is 0.300. The number of rotatable bonds is 7. The predicted octanol–water partition coefficient (Wildman–Crippen LogP) is 4.11. The zero-order valence-corrected chi connectivity index (χ0v) is 16.3. The van der Waals surface area contributed by atoms with Gasteiger partial charge in [-0.3, -0.25) is 9.59 Å². The number of benzene rings is 2. The van der Waals surface area contributed by atoms with Crippen LogP contribution >= 0.6 is 23.2 Å². The minimum absolute atomic E-state index is 0.0967. The van der Waals surface area contributed by atoms with E-state index in [1.807, 2.05) is 18.2 Å². The van der Waals surface area contributed by atoms with E-state index in [4.69, 9.17) is 23.2 Å². The van der Waals surface area contributed by atoms with Gasteiger partial charge >= 0.3 is 0 Å². The van der Waals surface area contributed by atoms with Gasteiger partial charge in [0.25, 0.3) is 5.91 Å². The monoisotopic (exact) mass is 392 g/mol. The highest BCUT2D eigenvalue weighted by Crippen LogP contribution is 2.21. The first kappa shape index (κ1) is 20.3. The van der Waals surface area contributed by atoms with Crippen LogP contribution < -0.4 is 10.6 Å². The first-order chi connectivity index (χ1) is 12.3. The standard InChI is InChI=1S/C20H22Cl2N2O2/c1-20(2,11-14-6-4-3-5-7-14)13-24-18(25)12-23-19(26)16-9-8-15(21)10-17(16)22/h3-10H,11-13H2,1-2H3,(H,23,26)(H,24,25). The molecule has 2 rings (SSSR count). The molecule has 2 amide bonds. The van der Waals surface area contributed by atoms with Crippen molar-refractivity contribution in [1.82, 2.24) is 10.6 Å². The molecular weight excluding hydrogens is 371 g/mol. The maximum atomic E-state index is 12.1. The summed E-state index contributed by atoms with van der Waals surface area (Å²) in [5.41, 5.74) is 1.41. The maximum absolute atomic E-state index is 12.1. The first-order valence-electron chi connectivity index (χ1n) is 8.31. The third-order valence-corrected chi connectivity index (χ3v) is 4.42. The van der Waals surface area contributed by atoms with Gasteiger partial charge in [0.15, 0.2) is 0 Å². The van der Waals surface area contributed by atoms with Crippen molar-refractivity contribution in [2.45, 2.75) is 20.3 Å². The summed E-state index contributed by atoms with van der Waals surface area (Å²) in [6.45, 7) is 4.58. The van der Waals surface area contributed by atoms with Crippen molar-refractivity contribution in [3.05, 3.63) is 69.7 Å². The molecule has 0 saturated carbocycles. The Labute approximate surface area is 163 Å². The second-order valence-corrected chi connectivity index (χ2v) is 7.75. The lowest BCUT2D eigenvalue weighted by atomic mass is 9.85. The zero-order valence-electron chi connectivity index (χ0n) is 14.8. The Hall–Kier alpha value is -2.04. The number of hydrogen-bond donors (Lipinski definition) is 2. The van der Waals surface area contributed by atoms with Crippen molar-refractivity contribution < 1.29 is 9.59 Å². The summed E-state index contributed by atoms with van der Waals surface area (Å²) in [5, 5.41) is 6.13. The topological polar surface area (TPSA) is 58.2 Å². The van der Waals surface area contributed by atoms with E-state index in [1.54, 1.807) is 6.07 Å². The molecule has 138 valence electrons. The van der Waals surface area contributed by atoms with Crippen molar-refractivity contribution in [2.24, 2.45) is 5.41 Å². The van der Waals surface area contributed by atoms with E-state index in [-0.39, 0.29) is 28.5 Å². The molecular formula is C20H22Cl2N2O2. The van der Waals surface area contributed by atoms with Gasteiger partial charge in [0.1, 0.15) is 0 Å². The van der Waals surface area contributed by atoms with E-state index in [0.29, 0.717) is 11.6 Å². The highest BCUT2D eigenvalue weighted by Gasteiger charge is 2.20. The van der Waals surface area contributed by atoms with Crippen LogP contribution in [0.1, 0.15) is 29.8 Å². The molecule has 2 N–H and O–H groups in total. The molecule has 0 aliphatic heterocycles. The largest absolute Gasteiger partial charge is 0.354 e. The Bertz CT molecular complexity index is 777. The van der Waals surface area contributed by atoms with Crippen LogP contribution in [0.5, 0.6) is 0 Å². The van der Waals surface area contributed by atoms with Gasteiger partial charge in [-0.25, -0.2) is 0 Å². The fourth-order valence-corrected chi connectivity index (χ4v) is 3.04. The summed E-state index contributed by atoms with van der Waals surface area (Å²) in [6, 6.07) is 14.7. The number of amides is 2. The summed E-state index contributed by atoms with van der Waals surface area (Å²) in [4.78, 5) is 24.1. The Morgan fingerprint density at radius 1 is 1.00 bits per heavy atom. The minimum Gasteiger partial charge on any atom is -0.354 e. The molecule has 0 aliphatic carbocycles. The average molecular weight is 393 g/mol. The molecule has 0 spiro atoms. The van der Waals surface area contributed by atoms with Gasteiger partial charge in [-0.2, -0.15) is 0 Å². The minimum atomic E-state index is -0.412. The highest BCUT2D eigenvalue weighted by atomic mass is 35.5. The van der Waals surface area contributed by atoms with Crippen molar-refractivity contribution in [3.8, 4) is 0 Å². The maximum Gasteiger partial charge on any atom is 0.253 e. The van der Waals surface area contributed by atoms with Gasteiger partial charge in [0, 0.05) is 11.6 Å². The molecule has 0 aromatic heterocycles. The van der Waals surface area contributed by atoms with Crippen LogP contribution in [0.2, 0.25) is 10.0 Å². The van der Waals surface area contributed by atoms with Crippen LogP contribution in [0.15, 0.2) is 48.5 Å². The van der Waals surface area contributed by atoms with Crippen molar-refractivity contribution >= 4 is 35.0 Å². The molecule has 26 heavy (non-hydrogen) atoms. The molecule has 4 nitrogen and oxygen atoms in total. The smallest absolute Gasteiger partial charge is 0.253 e. The molecule has 2 aromatic carbocycles. The van der Waals surface area contributed by atoms with Crippen LogP contribution in [-0.4, -0.2) is 24.9 Å². The molecule has 0 bridgehead atoms. The lowest BCUT2D eigenvalue weighted by molar-refractivity contribution is -0.120. The van der Waals surface area contributed by atoms with E-state index < -0.39 is 5.91 Å². The zero-order chi connectivity index (χ0) is 19.2. The van der Waals surface area contributed by atoms with E-state index in [9.17, 15) is 9.59 Å². The van der Waals surface area contributed by atoms with E-state index in [2.05, 4.69) is 36.6 Å². The van der Waals surface area contributed by atoms with Crippen LogP contribution in [0.25, 0.3) is 0 Å². The lowest BCUT2D eigenvalue weighted by Crippen LogP contribution is -2.41. The number of carbonyl (C=O) groups is 2. The number of hydrogen-bond acceptors (Lipinski definition) is 2. The quantitative estimate of drug-likeness (QED) is 0.744. The average Bonchev–Trinajstić information content (AvgIpc) is 2.58. The molecule has 0 aliphatic rings. The van der Waals surface area contributed by atoms with E-state index in [1.165, 1.54) is 17.7 Å². The van der Waals surface area contributed by atoms with Gasteiger partial charge in [-0.05, 0) is 35.6 Å². The normalized spacial score (nSPS) is 11.1. The van der Waals surface area contributed by atoms with E-state index >= 15 is 0 Å². The van der Waals surface area contributed by atoms with Gasteiger partial charge in [-0.1, -0.05) is 67.4 Å². The lowest BCUT2D eigenvalue weighted by Gasteiger charge is -2.25. The Morgan fingerprint density at radius 2 is 1.69 bits per heavy atom. The predicted molar refractivity (Wildman–Crippen MR) is 106 cm³/mol. The molecule has 0 saturated heterocycles. The third-order valence-electron chi connectivity index (χ3n) is 3.87. The summed E-state index contributed by atoms with van der Waals surface area (Å²) < 4.78 is 0. The van der Waals surface area contributed by atoms with Gasteiger partial charge < -0.3 is 10.6 Å². The summed E-state index contributed by atoms with van der Waals surface area (Å²) in [6.07, 6.45) is 0.848. The third kappa shape index (κ3) is 6.36. The van der Waals surface area contributed by atoms with Gasteiger partial charge in [0.05, 0.1) is 17.1 Å². The molecule has 0 radical (unpaired) electrons. The number of carbonyl (C=O) groups excluding carboxylic acids is 2. The number of nitrogens with one attached hydrogen (secondary N) is 2. The first-order valence-corrected chi connectivity index (χ1v) is 9.06. The van der Waals surface area contributed by atoms with Gasteiger partial charge in [0.2, 0.25) is 5.91 Å². The molecule has 2 aromatic rings. The molecule has 6 heteroatoms. The number of halogens is 2.